The highest BCUT2D eigenvalue weighted by Crippen LogP contribution is 2.28. The van der Waals surface area contributed by atoms with Crippen molar-refractivity contribution in [2.24, 2.45) is 0 Å². The molecular weight excluding hydrogens is 326 g/mol. The van der Waals surface area contributed by atoms with Crippen LogP contribution in [0.1, 0.15) is 5.69 Å². The Bertz CT molecular complexity index is 935. The van der Waals surface area contributed by atoms with Gasteiger partial charge in [0.25, 0.3) is 5.91 Å². The normalized spacial score (nSPS) is 12.4. The maximum Gasteiger partial charge on any atom is 0.309 e. The summed E-state index contributed by atoms with van der Waals surface area (Å²) in [5.74, 6) is -0.379. The summed E-state index contributed by atoms with van der Waals surface area (Å²) in [6.45, 7) is 0.0803. The molecule has 3 aromatic rings. The Labute approximate surface area is 142 Å². The number of carboxylic acids is 1. The number of anilines is 2. The van der Waals surface area contributed by atoms with Gasteiger partial charge in [-0.15, -0.1) is 0 Å². The average molecular weight is 341 g/mol. The van der Waals surface area contributed by atoms with E-state index in [1.54, 1.807) is 30.3 Å². The molecule has 0 saturated carbocycles. The zero-order chi connectivity index (χ0) is 17.8. The standard InChI is InChI=1S/C9H7NO3.C8H8N2O2/c11-9(12)5-7-6-3-1-2-4-8(6)13-10-7;9-5-1-2-7-6(3-5)10-8(11)4-12-7/h1-4H,5H2,(H,11,12);1-3H,4,9H2,(H,10,11). The quantitative estimate of drug-likeness (QED) is 0.609. The third-order valence-corrected chi connectivity index (χ3v) is 3.41. The SMILES string of the molecule is Nc1ccc2c(c1)NC(=O)CO2.O=C(O)Cc1noc2ccccc12. The largest absolute Gasteiger partial charge is 0.482 e. The highest BCUT2D eigenvalue weighted by Gasteiger charge is 2.15. The molecule has 2 heterocycles. The van der Waals surface area contributed by atoms with Gasteiger partial charge in [-0.1, -0.05) is 17.3 Å². The van der Waals surface area contributed by atoms with E-state index in [0.717, 1.165) is 5.39 Å². The van der Waals surface area contributed by atoms with Gasteiger partial charge < -0.3 is 25.4 Å². The smallest absolute Gasteiger partial charge is 0.309 e. The molecule has 4 N–H and O–H groups in total. The molecule has 1 aromatic heterocycles. The van der Waals surface area contributed by atoms with Crippen molar-refractivity contribution >= 4 is 34.2 Å². The van der Waals surface area contributed by atoms with Gasteiger partial charge in [-0.25, -0.2) is 0 Å². The second-order valence-corrected chi connectivity index (χ2v) is 5.29. The lowest BCUT2D eigenvalue weighted by Gasteiger charge is -2.17. The van der Waals surface area contributed by atoms with Crippen molar-refractivity contribution in [3.05, 3.63) is 48.2 Å². The van der Waals surface area contributed by atoms with Crippen molar-refractivity contribution in [3.8, 4) is 5.75 Å². The van der Waals surface area contributed by atoms with Crippen molar-refractivity contribution in [2.45, 2.75) is 6.42 Å². The molecule has 4 rings (SSSR count). The number of carbonyl (C=O) groups is 2. The van der Waals surface area contributed by atoms with Crippen molar-refractivity contribution < 1.29 is 24.0 Å². The molecule has 0 aliphatic carbocycles. The maximum atomic E-state index is 10.9. The fourth-order valence-corrected chi connectivity index (χ4v) is 2.31. The molecule has 8 heteroatoms. The van der Waals surface area contributed by atoms with Gasteiger partial charge in [-0.3, -0.25) is 9.59 Å². The molecule has 0 bridgehead atoms. The Morgan fingerprint density at radius 3 is 2.88 bits per heavy atom. The minimum Gasteiger partial charge on any atom is -0.482 e. The van der Waals surface area contributed by atoms with Crippen LogP contribution in [0.2, 0.25) is 0 Å². The minimum atomic E-state index is -0.904. The fourth-order valence-electron chi connectivity index (χ4n) is 2.31. The van der Waals surface area contributed by atoms with E-state index in [2.05, 4.69) is 10.5 Å². The van der Waals surface area contributed by atoms with E-state index >= 15 is 0 Å². The van der Waals surface area contributed by atoms with Gasteiger partial charge in [0.15, 0.2) is 12.2 Å². The van der Waals surface area contributed by atoms with E-state index < -0.39 is 5.97 Å². The number of carboxylic acid groups (broad SMARTS) is 1. The number of hydrogen-bond donors (Lipinski definition) is 3. The third-order valence-electron chi connectivity index (χ3n) is 3.41. The summed E-state index contributed by atoms with van der Waals surface area (Å²) >= 11 is 0. The van der Waals surface area contributed by atoms with Crippen molar-refractivity contribution in [1.29, 1.82) is 0 Å². The number of benzene rings is 2. The lowest BCUT2D eigenvalue weighted by molar-refractivity contribution is -0.136. The van der Waals surface area contributed by atoms with E-state index in [9.17, 15) is 9.59 Å². The van der Waals surface area contributed by atoms with Crippen molar-refractivity contribution in [1.82, 2.24) is 5.16 Å². The predicted molar refractivity (Wildman–Crippen MR) is 90.3 cm³/mol. The lowest BCUT2D eigenvalue weighted by atomic mass is 10.2. The molecule has 2 aromatic carbocycles. The first-order chi connectivity index (χ1) is 12.0. The number of nitrogens with zero attached hydrogens (tertiary/aromatic N) is 1. The van der Waals surface area contributed by atoms with Crippen LogP contribution in [0.3, 0.4) is 0 Å². The fraction of sp³-hybridized carbons (Fsp3) is 0.118. The van der Waals surface area contributed by atoms with Crippen LogP contribution in [0.4, 0.5) is 11.4 Å². The summed E-state index contributed by atoms with van der Waals surface area (Å²) in [6, 6.07) is 12.3. The number of rotatable bonds is 2. The topological polar surface area (TPSA) is 128 Å². The average Bonchev–Trinajstić information content (AvgIpc) is 2.98. The molecule has 0 atom stereocenters. The van der Waals surface area contributed by atoms with Gasteiger partial charge in [0, 0.05) is 11.1 Å². The van der Waals surface area contributed by atoms with Crippen LogP contribution in [0.25, 0.3) is 11.0 Å². The number of carbonyl (C=O) groups excluding carboxylic acids is 1. The summed E-state index contributed by atoms with van der Waals surface area (Å²) in [5.41, 5.74) is 7.87. The maximum absolute atomic E-state index is 10.9. The predicted octanol–water partition coefficient (Wildman–Crippen LogP) is 2.05. The monoisotopic (exact) mass is 341 g/mol. The van der Waals surface area contributed by atoms with Gasteiger partial charge in [-0.05, 0) is 30.3 Å². The van der Waals surface area contributed by atoms with Crippen molar-refractivity contribution in [3.63, 3.8) is 0 Å². The Morgan fingerprint density at radius 2 is 2.08 bits per heavy atom. The minimum absolute atomic E-state index is 0.0803. The summed E-state index contributed by atoms with van der Waals surface area (Å²) in [7, 11) is 0. The number of fused-ring (bicyclic) bond motifs is 2. The molecule has 0 unspecified atom stereocenters. The summed E-state index contributed by atoms with van der Waals surface area (Å²) in [5, 5.41) is 15.7. The second-order valence-electron chi connectivity index (χ2n) is 5.29. The summed E-state index contributed by atoms with van der Waals surface area (Å²) in [4.78, 5) is 21.3. The van der Waals surface area contributed by atoms with Crippen LogP contribution in [0.15, 0.2) is 47.0 Å². The van der Waals surface area contributed by atoms with Crippen LogP contribution < -0.4 is 15.8 Å². The van der Waals surface area contributed by atoms with Gasteiger partial charge >= 0.3 is 5.97 Å². The van der Waals surface area contributed by atoms with Gasteiger partial charge in [-0.2, -0.15) is 0 Å². The number of aromatic nitrogens is 1. The molecule has 1 aliphatic rings. The molecular formula is C17H15N3O5. The number of aliphatic carboxylic acids is 1. The summed E-state index contributed by atoms with van der Waals surface area (Å²) in [6.07, 6.45) is -0.100. The first-order valence-corrected chi connectivity index (χ1v) is 7.40. The van der Waals surface area contributed by atoms with Gasteiger partial charge in [0.1, 0.15) is 11.4 Å². The molecule has 128 valence electrons. The first kappa shape index (κ1) is 16.3. The van der Waals surface area contributed by atoms with E-state index in [1.807, 2.05) is 12.1 Å². The van der Waals surface area contributed by atoms with Crippen LogP contribution in [-0.2, 0) is 16.0 Å². The van der Waals surface area contributed by atoms with E-state index in [-0.39, 0.29) is 18.9 Å². The van der Waals surface area contributed by atoms with E-state index in [0.29, 0.717) is 28.4 Å². The Balaban J connectivity index is 0.000000146. The van der Waals surface area contributed by atoms with Crippen LogP contribution in [0.5, 0.6) is 5.75 Å². The lowest BCUT2D eigenvalue weighted by Crippen LogP contribution is -2.25. The molecule has 8 nitrogen and oxygen atoms in total. The number of para-hydroxylation sites is 1. The number of hydrogen-bond acceptors (Lipinski definition) is 6. The molecule has 0 spiro atoms. The number of nitrogens with one attached hydrogen (secondary N) is 1. The number of ether oxygens (including phenoxy) is 1. The highest BCUT2D eigenvalue weighted by atomic mass is 16.5. The van der Waals surface area contributed by atoms with Crippen LogP contribution >= 0.6 is 0 Å². The van der Waals surface area contributed by atoms with Crippen LogP contribution in [0, 0.1) is 0 Å². The summed E-state index contributed by atoms with van der Waals surface area (Å²) < 4.78 is 10.1. The number of nitrogens with two attached hydrogens (primary N) is 1. The molecule has 0 fully saturated rings. The molecule has 1 aliphatic heterocycles. The number of amides is 1. The molecule has 1 amide bonds. The van der Waals surface area contributed by atoms with Gasteiger partial charge in [0.2, 0.25) is 0 Å². The van der Waals surface area contributed by atoms with E-state index in [4.69, 9.17) is 20.1 Å². The van der Waals surface area contributed by atoms with E-state index in [1.165, 1.54) is 0 Å². The molecule has 0 saturated heterocycles. The number of nitrogen functional groups attached to an aromatic ring is 1. The van der Waals surface area contributed by atoms with Crippen LogP contribution in [-0.4, -0.2) is 28.7 Å². The molecule has 25 heavy (non-hydrogen) atoms. The third kappa shape index (κ3) is 3.86. The van der Waals surface area contributed by atoms with Gasteiger partial charge in [0.05, 0.1) is 12.1 Å². The second kappa shape index (κ2) is 6.91. The zero-order valence-electron chi connectivity index (χ0n) is 13.1. The Morgan fingerprint density at radius 1 is 1.28 bits per heavy atom. The highest BCUT2D eigenvalue weighted by molar-refractivity contribution is 5.95. The Hall–Kier alpha value is -3.55. The molecule has 0 radical (unpaired) electrons. The Kier molecular flexibility index (Phi) is 4.51. The zero-order valence-corrected chi connectivity index (χ0v) is 13.1. The first-order valence-electron chi connectivity index (χ1n) is 7.40. The van der Waals surface area contributed by atoms with Crippen molar-refractivity contribution in [2.75, 3.05) is 17.7 Å².